The van der Waals surface area contributed by atoms with E-state index in [0.717, 1.165) is 0 Å². The molecule has 0 atom stereocenters. The number of nitrogens with zero attached hydrogens (tertiary/aromatic N) is 1. The van der Waals surface area contributed by atoms with Gasteiger partial charge in [-0.2, -0.15) is 0 Å². The minimum Gasteiger partial charge on any atom is -0.352 e. The van der Waals surface area contributed by atoms with E-state index in [9.17, 15) is 13.2 Å². The zero-order valence-electron chi connectivity index (χ0n) is 14.4. The first-order chi connectivity index (χ1) is 11.7. The zero-order valence-corrected chi connectivity index (χ0v) is 15.9. The molecule has 5 nitrogen and oxygen atoms in total. The maximum Gasteiger partial charge on any atom is 0.264 e. The zero-order chi connectivity index (χ0) is 18.6. The molecule has 7 heteroatoms. The third-order valence-corrected chi connectivity index (χ3v) is 5.69. The van der Waals surface area contributed by atoms with Gasteiger partial charge in [0.2, 0.25) is 0 Å². The second kappa shape index (κ2) is 7.89. The van der Waals surface area contributed by atoms with Crippen LogP contribution in [0.1, 0.15) is 24.2 Å². The molecule has 0 heterocycles. The summed E-state index contributed by atoms with van der Waals surface area (Å²) < 4.78 is 26.5. The van der Waals surface area contributed by atoms with Gasteiger partial charge in [0.25, 0.3) is 15.9 Å². The number of anilines is 1. The van der Waals surface area contributed by atoms with Crippen LogP contribution in [0.2, 0.25) is 5.02 Å². The second-order valence-corrected chi connectivity index (χ2v) is 8.48. The van der Waals surface area contributed by atoms with E-state index in [-0.39, 0.29) is 10.8 Å². The van der Waals surface area contributed by atoms with Gasteiger partial charge in [0.05, 0.1) is 10.6 Å². The standard InChI is InChI=1S/C18H21ClN2O3S/c1-13(2)12-20-18(22)14-4-8-16(9-5-14)21(3)25(23,24)17-10-6-15(19)7-11-17/h4-11,13H,12H2,1-3H3,(H,20,22). The molecular formula is C18H21ClN2O3S. The Labute approximate surface area is 153 Å². The third-order valence-electron chi connectivity index (χ3n) is 3.64. The summed E-state index contributed by atoms with van der Waals surface area (Å²) in [7, 11) is -2.22. The van der Waals surface area contributed by atoms with Crippen molar-refractivity contribution in [3.8, 4) is 0 Å². The first-order valence-corrected chi connectivity index (χ1v) is 9.66. The van der Waals surface area contributed by atoms with Crippen molar-refractivity contribution in [2.24, 2.45) is 5.92 Å². The number of halogens is 1. The van der Waals surface area contributed by atoms with Crippen molar-refractivity contribution >= 4 is 33.2 Å². The van der Waals surface area contributed by atoms with Crippen LogP contribution in [0.5, 0.6) is 0 Å². The van der Waals surface area contributed by atoms with Gasteiger partial charge in [0.15, 0.2) is 0 Å². The van der Waals surface area contributed by atoms with E-state index in [2.05, 4.69) is 5.32 Å². The maximum absolute atomic E-state index is 12.6. The largest absolute Gasteiger partial charge is 0.352 e. The monoisotopic (exact) mass is 380 g/mol. The van der Waals surface area contributed by atoms with Gasteiger partial charge < -0.3 is 5.32 Å². The smallest absolute Gasteiger partial charge is 0.264 e. The fraction of sp³-hybridized carbons (Fsp3) is 0.278. The Morgan fingerprint density at radius 1 is 1.08 bits per heavy atom. The molecule has 0 fully saturated rings. The van der Waals surface area contributed by atoms with Crippen LogP contribution >= 0.6 is 11.6 Å². The molecule has 134 valence electrons. The highest BCUT2D eigenvalue weighted by Crippen LogP contribution is 2.23. The van der Waals surface area contributed by atoms with Gasteiger partial charge in [0, 0.05) is 24.2 Å². The van der Waals surface area contributed by atoms with Gasteiger partial charge in [-0.05, 0) is 54.4 Å². The molecule has 2 rings (SSSR count). The Balaban J connectivity index is 2.18. The van der Waals surface area contributed by atoms with E-state index in [1.807, 2.05) is 13.8 Å². The summed E-state index contributed by atoms with van der Waals surface area (Å²) in [6.45, 7) is 4.62. The van der Waals surface area contributed by atoms with Gasteiger partial charge in [-0.3, -0.25) is 9.10 Å². The Morgan fingerprint density at radius 2 is 1.64 bits per heavy atom. The van der Waals surface area contributed by atoms with Crippen molar-refractivity contribution in [2.75, 3.05) is 17.9 Å². The van der Waals surface area contributed by atoms with Crippen LogP contribution in [0.3, 0.4) is 0 Å². The summed E-state index contributed by atoms with van der Waals surface area (Å²) in [6, 6.07) is 12.4. The molecule has 0 aliphatic rings. The number of hydrogen-bond donors (Lipinski definition) is 1. The number of sulfonamides is 1. The van der Waals surface area contributed by atoms with Gasteiger partial charge in [-0.25, -0.2) is 8.42 Å². The van der Waals surface area contributed by atoms with E-state index in [1.165, 1.54) is 35.6 Å². The van der Waals surface area contributed by atoms with Gasteiger partial charge >= 0.3 is 0 Å². The SMILES string of the molecule is CC(C)CNC(=O)c1ccc(N(C)S(=O)(=O)c2ccc(Cl)cc2)cc1. The van der Waals surface area contributed by atoms with Crippen LogP contribution in [0.4, 0.5) is 5.69 Å². The first kappa shape index (κ1) is 19.3. The molecule has 1 amide bonds. The summed E-state index contributed by atoms with van der Waals surface area (Å²) in [5.74, 6) is 0.183. The van der Waals surface area contributed by atoms with Crippen LogP contribution in [-0.2, 0) is 10.0 Å². The number of carbonyl (C=O) groups excluding carboxylic acids is 1. The highest BCUT2D eigenvalue weighted by molar-refractivity contribution is 7.92. The summed E-state index contributed by atoms with van der Waals surface area (Å²) in [5.41, 5.74) is 0.956. The van der Waals surface area contributed by atoms with Crippen molar-refractivity contribution < 1.29 is 13.2 Å². The summed E-state index contributed by atoms with van der Waals surface area (Å²) >= 11 is 5.80. The number of benzene rings is 2. The molecule has 0 aliphatic carbocycles. The lowest BCUT2D eigenvalue weighted by Crippen LogP contribution is -2.28. The molecule has 2 aromatic rings. The predicted molar refractivity (Wildman–Crippen MR) is 101 cm³/mol. The molecule has 0 bridgehead atoms. The van der Waals surface area contributed by atoms with E-state index >= 15 is 0 Å². The molecule has 25 heavy (non-hydrogen) atoms. The second-order valence-electron chi connectivity index (χ2n) is 6.08. The van der Waals surface area contributed by atoms with Gasteiger partial charge in [-0.1, -0.05) is 25.4 Å². The van der Waals surface area contributed by atoms with E-state index in [1.54, 1.807) is 24.3 Å². The fourth-order valence-electron chi connectivity index (χ4n) is 2.13. The van der Waals surface area contributed by atoms with Gasteiger partial charge in [-0.15, -0.1) is 0 Å². The van der Waals surface area contributed by atoms with Crippen LogP contribution < -0.4 is 9.62 Å². The Morgan fingerprint density at radius 3 is 2.16 bits per heavy atom. The average Bonchev–Trinajstić information content (AvgIpc) is 2.59. The normalized spacial score (nSPS) is 11.4. The highest BCUT2D eigenvalue weighted by atomic mass is 35.5. The first-order valence-electron chi connectivity index (χ1n) is 7.84. The van der Waals surface area contributed by atoms with E-state index in [0.29, 0.717) is 28.7 Å². The van der Waals surface area contributed by atoms with Crippen molar-refractivity contribution in [2.45, 2.75) is 18.7 Å². The molecule has 0 radical (unpaired) electrons. The van der Waals surface area contributed by atoms with E-state index in [4.69, 9.17) is 11.6 Å². The molecular weight excluding hydrogens is 360 g/mol. The number of nitrogens with one attached hydrogen (secondary N) is 1. The van der Waals surface area contributed by atoms with Crippen LogP contribution in [0.25, 0.3) is 0 Å². The number of amides is 1. The Kier molecular flexibility index (Phi) is 6.08. The van der Waals surface area contributed by atoms with Crippen molar-refractivity contribution in [3.05, 3.63) is 59.1 Å². The molecule has 0 unspecified atom stereocenters. The predicted octanol–water partition coefficient (Wildman–Crippen LogP) is 3.55. The van der Waals surface area contributed by atoms with Crippen LogP contribution in [0, 0.1) is 5.92 Å². The summed E-state index contributed by atoms with van der Waals surface area (Å²) in [5, 5.41) is 3.30. The van der Waals surface area contributed by atoms with Crippen molar-refractivity contribution in [1.29, 1.82) is 0 Å². The Bertz CT molecular complexity index is 832. The Hall–Kier alpha value is -2.05. The van der Waals surface area contributed by atoms with Crippen molar-refractivity contribution in [3.63, 3.8) is 0 Å². The molecule has 0 saturated carbocycles. The average molecular weight is 381 g/mol. The lowest BCUT2D eigenvalue weighted by atomic mass is 10.1. The molecule has 2 aromatic carbocycles. The van der Waals surface area contributed by atoms with E-state index < -0.39 is 10.0 Å². The molecule has 0 aromatic heterocycles. The minimum atomic E-state index is -3.69. The van der Waals surface area contributed by atoms with Crippen LogP contribution in [0.15, 0.2) is 53.4 Å². The summed E-state index contributed by atoms with van der Waals surface area (Å²) in [4.78, 5) is 12.2. The minimum absolute atomic E-state index is 0.151. The lowest BCUT2D eigenvalue weighted by molar-refractivity contribution is 0.0949. The maximum atomic E-state index is 12.6. The lowest BCUT2D eigenvalue weighted by Gasteiger charge is -2.20. The topological polar surface area (TPSA) is 66.5 Å². The van der Waals surface area contributed by atoms with Gasteiger partial charge in [0.1, 0.15) is 0 Å². The summed E-state index contributed by atoms with van der Waals surface area (Å²) in [6.07, 6.45) is 0. The quantitative estimate of drug-likeness (QED) is 0.833. The number of rotatable bonds is 6. The van der Waals surface area contributed by atoms with Crippen molar-refractivity contribution in [1.82, 2.24) is 5.32 Å². The molecule has 0 spiro atoms. The number of hydrogen-bond acceptors (Lipinski definition) is 3. The third kappa shape index (κ3) is 4.74. The highest BCUT2D eigenvalue weighted by Gasteiger charge is 2.21. The fourth-order valence-corrected chi connectivity index (χ4v) is 3.45. The molecule has 0 aliphatic heterocycles. The molecule has 0 saturated heterocycles. The number of carbonyl (C=O) groups is 1. The molecule has 1 N–H and O–H groups in total. The van der Waals surface area contributed by atoms with Crippen LogP contribution in [-0.4, -0.2) is 27.9 Å².